The van der Waals surface area contributed by atoms with Crippen LogP contribution in [0.15, 0.2) is 42.5 Å². The van der Waals surface area contributed by atoms with Crippen molar-refractivity contribution in [3.05, 3.63) is 48.0 Å². The molecule has 0 aliphatic heterocycles. The number of carbonyl (C=O) groups is 1. The van der Waals surface area contributed by atoms with Crippen molar-refractivity contribution in [2.24, 2.45) is 0 Å². The average Bonchev–Trinajstić information content (AvgIpc) is 2.71. The highest BCUT2D eigenvalue weighted by molar-refractivity contribution is 7.92. The highest BCUT2D eigenvalue weighted by Crippen LogP contribution is 2.29. The second-order valence-electron chi connectivity index (χ2n) is 7.33. The zero-order chi connectivity index (χ0) is 23.2. The van der Waals surface area contributed by atoms with E-state index < -0.39 is 22.0 Å². The number of anilines is 1. The molecule has 0 radical (unpaired) electrons. The van der Waals surface area contributed by atoms with E-state index >= 15 is 0 Å². The molecule has 0 aliphatic carbocycles. The zero-order valence-electron chi connectivity index (χ0n) is 18.7. The van der Waals surface area contributed by atoms with Crippen LogP contribution in [-0.4, -0.2) is 47.4 Å². The summed E-state index contributed by atoms with van der Waals surface area (Å²) in [5.74, 6) is 1.38. The van der Waals surface area contributed by atoms with Crippen molar-refractivity contribution in [3.63, 3.8) is 0 Å². The molecule has 0 aliphatic rings. The van der Waals surface area contributed by atoms with E-state index in [1.54, 1.807) is 56.5 Å². The first kappa shape index (κ1) is 24.3. The first-order chi connectivity index (χ1) is 14.5. The molecular weight excluding hydrogens is 420 g/mol. The summed E-state index contributed by atoms with van der Waals surface area (Å²) in [7, 11) is -0.594. The number of hydrogen-bond donors (Lipinski definition) is 1. The number of amides is 1. The van der Waals surface area contributed by atoms with E-state index in [1.807, 2.05) is 13.8 Å². The van der Waals surface area contributed by atoms with Gasteiger partial charge in [-0.15, -0.1) is 0 Å². The molecule has 1 N–H and O–H groups in total. The SMILES string of the molecule is COc1ccc(OC)c([C@H](C)NC(=O)CN(c2ccc(OC(C)C)cc2)S(C)(=O)=O)c1. The topological polar surface area (TPSA) is 94.2 Å². The summed E-state index contributed by atoms with van der Waals surface area (Å²) in [6.07, 6.45) is 1.06. The largest absolute Gasteiger partial charge is 0.497 e. The maximum atomic E-state index is 12.7. The van der Waals surface area contributed by atoms with E-state index in [4.69, 9.17) is 14.2 Å². The fourth-order valence-electron chi connectivity index (χ4n) is 3.04. The molecule has 0 aromatic heterocycles. The third-order valence-electron chi connectivity index (χ3n) is 4.46. The molecule has 0 heterocycles. The molecule has 0 unspecified atom stereocenters. The monoisotopic (exact) mass is 450 g/mol. The molecule has 0 bridgehead atoms. The lowest BCUT2D eigenvalue weighted by atomic mass is 10.1. The summed E-state index contributed by atoms with van der Waals surface area (Å²) in [5, 5.41) is 2.83. The van der Waals surface area contributed by atoms with Gasteiger partial charge in [-0.3, -0.25) is 9.10 Å². The Hall–Kier alpha value is -2.94. The first-order valence-electron chi connectivity index (χ1n) is 9.81. The van der Waals surface area contributed by atoms with Gasteiger partial charge in [0.2, 0.25) is 15.9 Å². The van der Waals surface area contributed by atoms with E-state index in [1.165, 1.54) is 7.11 Å². The smallest absolute Gasteiger partial charge is 0.241 e. The normalized spacial score (nSPS) is 12.2. The van der Waals surface area contributed by atoms with Gasteiger partial charge in [0, 0.05) is 5.56 Å². The summed E-state index contributed by atoms with van der Waals surface area (Å²) in [4.78, 5) is 12.7. The molecule has 0 fully saturated rings. The Morgan fingerprint density at radius 3 is 2.13 bits per heavy atom. The van der Waals surface area contributed by atoms with Gasteiger partial charge >= 0.3 is 0 Å². The summed E-state index contributed by atoms with van der Waals surface area (Å²) in [6.45, 7) is 5.23. The lowest BCUT2D eigenvalue weighted by Crippen LogP contribution is -2.41. The van der Waals surface area contributed by atoms with Gasteiger partial charge in [-0.1, -0.05) is 0 Å². The molecule has 2 aromatic rings. The van der Waals surface area contributed by atoms with E-state index in [0.717, 1.165) is 16.1 Å². The van der Waals surface area contributed by atoms with Crippen molar-refractivity contribution in [2.45, 2.75) is 32.9 Å². The van der Waals surface area contributed by atoms with Gasteiger partial charge in [0.25, 0.3) is 0 Å². The molecular formula is C22H30N2O6S. The number of ether oxygens (including phenoxy) is 3. The maximum absolute atomic E-state index is 12.7. The minimum absolute atomic E-state index is 0.00210. The zero-order valence-corrected chi connectivity index (χ0v) is 19.5. The highest BCUT2D eigenvalue weighted by Gasteiger charge is 2.23. The van der Waals surface area contributed by atoms with Gasteiger partial charge in [-0.05, 0) is 63.2 Å². The number of rotatable bonds is 10. The van der Waals surface area contributed by atoms with Crippen molar-refractivity contribution in [3.8, 4) is 17.2 Å². The summed E-state index contributed by atoms with van der Waals surface area (Å²) in [5.41, 5.74) is 1.09. The predicted molar refractivity (Wildman–Crippen MR) is 120 cm³/mol. The Kier molecular flexibility index (Phi) is 8.15. The van der Waals surface area contributed by atoms with Crippen molar-refractivity contribution in [2.75, 3.05) is 31.3 Å². The number of carbonyl (C=O) groups excluding carboxylic acids is 1. The quantitative estimate of drug-likeness (QED) is 0.598. The Labute approximate surface area is 184 Å². The summed E-state index contributed by atoms with van der Waals surface area (Å²) in [6, 6.07) is 11.4. The molecule has 1 atom stereocenters. The van der Waals surface area contributed by atoms with Crippen LogP contribution in [0.1, 0.15) is 32.4 Å². The Morgan fingerprint density at radius 1 is 1.00 bits per heavy atom. The molecule has 1 amide bonds. The average molecular weight is 451 g/mol. The van der Waals surface area contributed by atoms with E-state index in [0.29, 0.717) is 22.9 Å². The Balaban J connectivity index is 2.18. The van der Waals surface area contributed by atoms with Crippen molar-refractivity contribution < 1.29 is 27.4 Å². The van der Waals surface area contributed by atoms with E-state index in [9.17, 15) is 13.2 Å². The molecule has 0 saturated heterocycles. The van der Waals surface area contributed by atoms with E-state index in [-0.39, 0.29) is 12.6 Å². The van der Waals surface area contributed by atoms with Crippen LogP contribution < -0.4 is 23.8 Å². The number of nitrogens with one attached hydrogen (secondary N) is 1. The molecule has 8 nitrogen and oxygen atoms in total. The fraction of sp³-hybridized carbons (Fsp3) is 0.409. The number of sulfonamides is 1. The van der Waals surface area contributed by atoms with Crippen molar-refractivity contribution in [1.82, 2.24) is 5.32 Å². The maximum Gasteiger partial charge on any atom is 0.241 e. The molecule has 0 saturated carbocycles. The van der Waals surface area contributed by atoms with Gasteiger partial charge in [-0.25, -0.2) is 8.42 Å². The second kappa shape index (κ2) is 10.4. The van der Waals surface area contributed by atoms with Crippen LogP contribution in [0.2, 0.25) is 0 Å². The number of hydrogen-bond acceptors (Lipinski definition) is 6. The van der Waals surface area contributed by atoms with Crippen molar-refractivity contribution >= 4 is 21.6 Å². The Bertz CT molecular complexity index is 990. The number of benzene rings is 2. The lowest BCUT2D eigenvalue weighted by Gasteiger charge is -2.24. The standard InChI is InChI=1S/C22H30N2O6S/c1-15(2)30-18-9-7-17(8-10-18)24(31(6,26)27)14-22(25)23-16(3)20-13-19(28-4)11-12-21(20)29-5/h7-13,15-16H,14H2,1-6H3,(H,23,25)/t16-/m0/s1. The molecule has 2 rings (SSSR count). The molecule has 9 heteroatoms. The molecule has 31 heavy (non-hydrogen) atoms. The van der Waals surface area contributed by atoms with Crippen LogP contribution in [0.5, 0.6) is 17.2 Å². The van der Waals surface area contributed by atoms with Crippen molar-refractivity contribution in [1.29, 1.82) is 0 Å². The number of methoxy groups -OCH3 is 2. The minimum atomic E-state index is -3.69. The Morgan fingerprint density at radius 2 is 1.61 bits per heavy atom. The van der Waals surface area contributed by atoms with Crippen LogP contribution in [0.3, 0.4) is 0 Å². The highest BCUT2D eigenvalue weighted by atomic mass is 32.2. The predicted octanol–water partition coefficient (Wildman–Crippen LogP) is 3.13. The lowest BCUT2D eigenvalue weighted by molar-refractivity contribution is -0.120. The molecule has 2 aromatic carbocycles. The van der Waals surface area contributed by atoms with E-state index in [2.05, 4.69) is 5.32 Å². The van der Waals surface area contributed by atoms with Crippen LogP contribution in [0.25, 0.3) is 0 Å². The van der Waals surface area contributed by atoms with Gasteiger partial charge in [0.1, 0.15) is 23.8 Å². The summed E-state index contributed by atoms with van der Waals surface area (Å²) < 4.78 is 41.9. The van der Waals surface area contributed by atoms with Crippen LogP contribution in [-0.2, 0) is 14.8 Å². The third-order valence-corrected chi connectivity index (χ3v) is 5.61. The summed E-state index contributed by atoms with van der Waals surface area (Å²) >= 11 is 0. The fourth-order valence-corrected chi connectivity index (χ4v) is 3.89. The van der Waals surface area contributed by atoms with Crippen LogP contribution in [0.4, 0.5) is 5.69 Å². The number of nitrogens with zero attached hydrogens (tertiary/aromatic N) is 1. The minimum Gasteiger partial charge on any atom is -0.497 e. The third kappa shape index (κ3) is 6.78. The molecule has 170 valence electrons. The first-order valence-corrected chi connectivity index (χ1v) is 11.7. The van der Waals surface area contributed by atoms with Crippen LogP contribution in [0, 0.1) is 0 Å². The van der Waals surface area contributed by atoms with Gasteiger partial charge in [0.05, 0.1) is 38.3 Å². The van der Waals surface area contributed by atoms with Gasteiger partial charge in [-0.2, -0.15) is 0 Å². The van der Waals surface area contributed by atoms with Crippen LogP contribution >= 0.6 is 0 Å². The van der Waals surface area contributed by atoms with Gasteiger partial charge in [0.15, 0.2) is 0 Å². The molecule has 0 spiro atoms. The second-order valence-corrected chi connectivity index (χ2v) is 9.23. The van der Waals surface area contributed by atoms with Gasteiger partial charge < -0.3 is 19.5 Å².